The van der Waals surface area contributed by atoms with Crippen molar-refractivity contribution < 1.29 is 14.0 Å². The zero-order valence-corrected chi connectivity index (χ0v) is 14.7. The van der Waals surface area contributed by atoms with E-state index in [-0.39, 0.29) is 18.2 Å². The molecule has 136 valence electrons. The third kappa shape index (κ3) is 3.41. The van der Waals surface area contributed by atoms with Crippen molar-refractivity contribution >= 4 is 34.9 Å². The minimum atomic E-state index is -0.756. The number of aromatic nitrogens is 2. The minimum Gasteiger partial charge on any atom is -0.326 e. The van der Waals surface area contributed by atoms with Gasteiger partial charge in [-0.3, -0.25) is 9.59 Å². The lowest BCUT2D eigenvalue weighted by Gasteiger charge is -2.09. The molecule has 1 aliphatic rings. The standard InChI is InChI=1S/C19H14ClFN4O2/c20-12-3-1-2-11(8-12)15-10-22-25-16(19(27)24-18(15)25)9-17(26)23-14-6-4-13(21)5-7-14/h1-8,10,16H,9H2,(H,23,26)(H,24,27). The average Bonchev–Trinajstić information content (AvgIpc) is 3.17. The number of amides is 2. The van der Waals surface area contributed by atoms with Gasteiger partial charge in [0, 0.05) is 16.3 Å². The topological polar surface area (TPSA) is 76.0 Å². The molecule has 0 radical (unpaired) electrons. The zero-order valence-electron chi connectivity index (χ0n) is 13.9. The molecule has 2 amide bonds. The number of carbonyl (C=O) groups is 2. The summed E-state index contributed by atoms with van der Waals surface area (Å²) in [6.45, 7) is 0. The molecule has 2 heterocycles. The van der Waals surface area contributed by atoms with Crippen molar-refractivity contribution in [1.82, 2.24) is 9.78 Å². The molecular formula is C19H14ClFN4O2. The Labute approximate surface area is 158 Å². The molecule has 0 fully saturated rings. The second kappa shape index (κ2) is 6.85. The number of carbonyl (C=O) groups excluding carboxylic acids is 2. The molecule has 2 aromatic carbocycles. The van der Waals surface area contributed by atoms with Crippen LogP contribution in [-0.2, 0) is 9.59 Å². The lowest BCUT2D eigenvalue weighted by molar-refractivity contribution is -0.123. The van der Waals surface area contributed by atoms with Gasteiger partial charge in [0.1, 0.15) is 17.7 Å². The Kier molecular flexibility index (Phi) is 4.37. The van der Waals surface area contributed by atoms with E-state index in [1.165, 1.54) is 28.9 Å². The van der Waals surface area contributed by atoms with Crippen molar-refractivity contribution in [3.63, 3.8) is 0 Å². The predicted octanol–water partition coefficient (Wildman–Crippen LogP) is 3.86. The van der Waals surface area contributed by atoms with Crippen LogP contribution >= 0.6 is 11.6 Å². The fourth-order valence-corrected chi connectivity index (χ4v) is 3.19. The van der Waals surface area contributed by atoms with Gasteiger partial charge in [-0.05, 0) is 42.0 Å². The van der Waals surface area contributed by atoms with Gasteiger partial charge in [0.05, 0.1) is 12.6 Å². The summed E-state index contributed by atoms with van der Waals surface area (Å²) in [7, 11) is 0. The van der Waals surface area contributed by atoms with Crippen molar-refractivity contribution in [3.05, 3.63) is 65.6 Å². The number of nitrogens with one attached hydrogen (secondary N) is 2. The molecule has 6 nitrogen and oxygen atoms in total. The number of nitrogens with zero attached hydrogens (tertiary/aromatic N) is 2. The monoisotopic (exact) mass is 384 g/mol. The van der Waals surface area contributed by atoms with Crippen LogP contribution in [0.1, 0.15) is 12.5 Å². The van der Waals surface area contributed by atoms with Crippen LogP contribution in [0.2, 0.25) is 5.02 Å². The molecule has 0 spiro atoms. The Balaban J connectivity index is 1.54. The zero-order chi connectivity index (χ0) is 19.0. The van der Waals surface area contributed by atoms with E-state index in [1.807, 2.05) is 12.1 Å². The molecule has 0 saturated carbocycles. The molecule has 0 aliphatic carbocycles. The third-order valence-corrected chi connectivity index (χ3v) is 4.51. The SMILES string of the molecule is O=C(CC1C(=O)Nc2c(-c3cccc(Cl)c3)cnn21)Nc1ccc(F)cc1. The molecule has 0 saturated heterocycles. The Bertz CT molecular complexity index is 1030. The molecule has 0 bridgehead atoms. The fraction of sp³-hybridized carbons (Fsp3) is 0.105. The van der Waals surface area contributed by atoms with Crippen molar-refractivity contribution in [2.24, 2.45) is 0 Å². The number of halogens is 2. The first-order valence-electron chi connectivity index (χ1n) is 8.21. The lowest BCUT2D eigenvalue weighted by atomic mass is 10.1. The molecule has 1 atom stereocenters. The summed E-state index contributed by atoms with van der Waals surface area (Å²) in [6, 6.07) is 11.9. The van der Waals surface area contributed by atoms with Gasteiger partial charge in [0.2, 0.25) is 5.91 Å². The summed E-state index contributed by atoms with van der Waals surface area (Å²) in [4.78, 5) is 24.6. The van der Waals surface area contributed by atoms with E-state index < -0.39 is 11.9 Å². The summed E-state index contributed by atoms with van der Waals surface area (Å²) in [5.41, 5.74) is 2.01. The third-order valence-electron chi connectivity index (χ3n) is 4.28. The maximum Gasteiger partial charge on any atom is 0.251 e. The van der Waals surface area contributed by atoms with Crippen molar-refractivity contribution in [1.29, 1.82) is 0 Å². The van der Waals surface area contributed by atoms with E-state index in [9.17, 15) is 14.0 Å². The Hall–Kier alpha value is -3.19. The second-order valence-corrected chi connectivity index (χ2v) is 6.56. The highest BCUT2D eigenvalue weighted by atomic mass is 35.5. The van der Waals surface area contributed by atoms with Gasteiger partial charge in [-0.25, -0.2) is 9.07 Å². The van der Waals surface area contributed by atoms with Crippen molar-refractivity contribution in [3.8, 4) is 11.1 Å². The molecule has 27 heavy (non-hydrogen) atoms. The molecule has 4 rings (SSSR count). The first-order chi connectivity index (χ1) is 13.0. The van der Waals surface area contributed by atoms with Crippen LogP contribution in [0, 0.1) is 5.82 Å². The molecule has 1 unspecified atom stereocenters. The van der Waals surface area contributed by atoms with Gasteiger partial charge in [-0.15, -0.1) is 0 Å². The van der Waals surface area contributed by atoms with Crippen molar-refractivity contribution in [2.75, 3.05) is 10.6 Å². The number of hydrogen-bond donors (Lipinski definition) is 2. The number of hydrogen-bond acceptors (Lipinski definition) is 3. The fourth-order valence-electron chi connectivity index (χ4n) is 3.00. The van der Waals surface area contributed by atoms with Gasteiger partial charge in [-0.2, -0.15) is 5.10 Å². The number of rotatable bonds is 4. The Morgan fingerprint density at radius 3 is 2.78 bits per heavy atom. The van der Waals surface area contributed by atoms with Crippen LogP contribution in [0.5, 0.6) is 0 Å². The van der Waals surface area contributed by atoms with E-state index in [4.69, 9.17) is 11.6 Å². The second-order valence-electron chi connectivity index (χ2n) is 6.13. The number of fused-ring (bicyclic) bond motifs is 1. The lowest BCUT2D eigenvalue weighted by Crippen LogP contribution is -2.23. The summed E-state index contributed by atoms with van der Waals surface area (Å²) >= 11 is 6.03. The molecule has 1 aliphatic heterocycles. The van der Waals surface area contributed by atoms with Crippen LogP contribution in [0.25, 0.3) is 11.1 Å². The molecular weight excluding hydrogens is 371 g/mol. The van der Waals surface area contributed by atoms with Crippen LogP contribution in [-0.4, -0.2) is 21.6 Å². The highest BCUT2D eigenvalue weighted by molar-refractivity contribution is 6.30. The smallest absolute Gasteiger partial charge is 0.251 e. The van der Waals surface area contributed by atoms with Crippen LogP contribution < -0.4 is 10.6 Å². The Morgan fingerprint density at radius 2 is 2.04 bits per heavy atom. The number of anilines is 2. The van der Waals surface area contributed by atoms with E-state index in [2.05, 4.69) is 15.7 Å². The first kappa shape index (κ1) is 17.2. The summed E-state index contributed by atoms with van der Waals surface area (Å²) in [5.74, 6) is -0.537. The number of benzene rings is 2. The molecule has 3 aromatic rings. The quantitative estimate of drug-likeness (QED) is 0.717. The summed E-state index contributed by atoms with van der Waals surface area (Å²) in [6.07, 6.45) is 1.54. The van der Waals surface area contributed by atoms with Gasteiger partial charge in [0.15, 0.2) is 0 Å². The minimum absolute atomic E-state index is 0.0904. The highest BCUT2D eigenvalue weighted by Crippen LogP contribution is 2.36. The Morgan fingerprint density at radius 1 is 1.26 bits per heavy atom. The van der Waals surface area contributed by atoms with E-state index in [0.29, 0.717) is 16.5 Å². The summed E-state index contributed by atoms with van der Waals surface area (Å²) in [5, 5.41) is 10.3. The van der Waals surface area contributed by atoms with Gasteiger partial charge in [-0.1, -0.05) is 23.7 Å². The largest absolute Gasteiger partial charge is 0.326 e. The predicted molar refractivity (Wildman–Crippen MR) is 100.0 cm³/mol. The van der Waals surface area contributed by atoms with E-state index in [1.54, 1.807) is 18.3 Å². The van der Waals surface area contributed by atoms with Gasteiger partial charge in [0.25, 0.3) is 5.91 Å². The van der Waals surface area contributed by atoms with E-state index >= 15 is 0 Å². The molecule has 8 heteroatoms. The van der Waals surface area contributed by atoms with Crippen LogP contribution in [0.4, 0.5) is 15.9 Å². The van der Waals surface area contributed by atoms with Crippen molar-refractivity contribution in [2.45, 2.75) is 12.5 Å². The molecule has 2 N–H and O–H groups in total. The van der Waals surface area contributed by atoms with E-state index in [0.717, 1.165) is 11.1 Å². The first-order valence-corrected chi connectivity index (χ1v) is 8.59. The van der Waals surface area contributed by atoms with Crippen LogP contribution in [0.3, 0.4) is 0 Å². The maximum atomic E-state index is 13.0. The normalized spacial score (nSPS) is 15.3. The highest BCUT2D eigenvalue weighted by Gasteiger charge is 2.35. The van der Waals surface area contributed by atoms with Crippen LogP contribution in [0.15, 0.2) is 54.7 Å². The maximum absolute atomic E-state index is 13.0. The average molecular weight is 385 g/mol. The molecule has 1 aromatic heterocycles. The van der Waals surface area contributed by atoms with Gasteiger partial charge >= 0.3 is 0 Å². The van der Waals surface area contributed by atoms with Gasteiger partial charge < -0.3 is 10.6 Å². The summed E-state index contributed by atoms with van der Waals surface area (Å²) < 4.78 is 14.5.